The smallest absolute Gasteiger partial charge is 0.239 e. The second-order valence-corrected chi connectivity index (χ2v) is 3.89. The van der Waals surface area contributed by atoms with Gasteiger partial charge in [-0.25, -0.2) is 0 Å². The molecule has 1 rings (SSSR count). The maximum absolute atomic E-state index is 11.5. The van der Waals surface area contributed by atoms with Gasteiger partial charge >= 0.3 is 0 Å². The average Bonchev–Trinajstić information content (AvgIpc) is 2.28. The van der Waals surface area contributed by atoms with Crippen LogP contribution in [0.3, 0.4) is 0 Å². The van der Waals surface area contributed by atoms with Crippen LogP contribution in [0.1, 0.15) is 5.56 Å². The zero-order valence-electron chi connectivity index (χ0n) is 9.93. The fourth-order valence-corrected chi connectivity index (χ4v) is 1.43. The molecule has 0 aliphatic rings. The number of carbonyl (C=O) groups excluding carboxylic acids is 1. The Morgan fingerprint density at radius 3 is 2.38 bits per heavy atom. The molecule has 4 heteroatoms. The van der Waals surface area contributed by atoms with Crippen LogP contribution in [0.15, 0.2) is 24.3 Å². The maximum Gasteiger partial charge on any atom is 0.239 e. The number of methoxy groups -OCH3 is 1. The number of nitrogens with two attached hydrogens (primary N) is 1. The van der Waals surface area contributed by atoms with E-state index in [-0.39, 0.29) is 5.91 Å². The Morgan fingerprint density at radius 1 is 1.38 bits per heavy atom. The van der Waals surface area contributed by atoms with Gasteiger partial charge in [0.2, 0.25) is 5.91 Å². The van der Waals surface area contributed by atoms with E-state index < -0.39 is 6.04 Å². The van der Waals surface area contributed by atoms with E-state index in [4.69, 9.17) is 10.5 Å². The molecule has 0 bridgehead atoms. The summed E-state index contributed by atoms with van der Waals surface area (Å²) in [6.45, 7) is 0. The van der Waals surface area contributed by atoms with Gasteiger partial charge in [0, 0.05) is 14.1 Å². The number of carbonyl (C=O) groups is 1. The molecule has 0 aliphatic heterocycles. The zero-order chi connectivity index (χ0) is 12.1. The summed E-state index contributed by atoms with van der Waals surface area (Å²) in [4.78, 5) is 13.1. The van der Waals surface area contributed by atoms with Crippen molar-refractivity contribution in [2.75, 3.05) is 21.2 Å². The first-order valence-corrected chi connectivity index (χ1v) is 5.14. The minimum Gasteiger partial charge on any atom is -0.497 e. The Balaban J connectivity index is 2.62. The predicted molar refractivity (Wildman–Crippen MR) is 63.4 cm³/mol. The third-order valence-electron chi connectivity index (χ3n) is 2.37. The molecule has 1 atom stereocenters. The summed E-state index contributed by atoms with van der Waals surface area (Å²) in [5.41, 5.74) is 6.83. The van der Waals surface area contributed by atoms with Gasteiger partial charge in [0.05, 0.1) is 13.2 Å². The Labute approximate surface area is 96.0 Å². The molecular formula is C12H18N2O2. The van der Waals surface area contributed by atoms with Gasteiger partial charge in [-0.3, -0.25) is 4.79 Å². The summed E-state index contributed by atoms with van der Waals surface area (Å²) in [7, 11) is 5.03. The zero-order valence-corrected chi connectivity index (χ0v) is 9.93. The van der Waals surface area contributed by atoms with Crippen molar-refractivity contribution >= 4 is 5.91 Å². The molecule has 4 nitrogen and oxygen atoms in total. The van der Waals surface area contributed by atoms with Crippen molar-refractivity contribution in [2.45, 2.75) is 12.5 Å². The first-order chi connectivity index (χ1) is 7.54. The normalized spacial score (nSPS) is 12.0. The van der Waals surface area contributed by atoms with E-state index >= 15 is 0 Å². The van der Waals surface area contributed by atoms with Gasteiger partial charge in [-0.2, -0.15) is 0 Å². The van der Waals surface area contributed by atoms with Gasteiger partial charge in [-0.05, 0) is 24.1 Å². The number of hydrogen-bond acceptors (Lipinski definition) is 3. The summed E-state index contributed by atoms with van der Waals surface area (Å²) >= 11 is 0. The van der Waals surface area contributed by atoms with Crippen LogP contribution >= 0.6 is 0 Å². The topological polar surface area (TPSA) is 55.6 Å². The molecular weight excluding hydrogens is 204 g/mol. The summed E-state index contributed by atoms with van der Waals surface area (Å²) in [6, 6.07) is 7.08. The molecule has 0 saturated heterocycles. The highest BCUT2D eigenvalue weighted by atomic mass is 16.5. The third-order valence-corrected chi connectivity index (χ3v) is 2.37. The molecule has 0 saturated carbocycles. The van der Waals surface area contributed by atoms with Crippen molar-refractivity contribution in [1.82, 2.24) is 4.90 Å². The van der Waals surface area contributed by atoms with E-state index in [1.165, 1.54) is 4.90 Å². The van der Waals surface area contributed by atoms with Gasteiger partial charge in [0.25, 0.3) is 0 Å². The van der Waals surface area contributed by atoms with Crippen molar-refractivity contribution < 1.29 is 9.53 Å². The van der Waals surface area contributed by atoms with Crippen molar-refractivity contribution in [1.29, 1.82) is 0 Å². The van der Waals surface area contributed by atoms with E-state index in [0.717, 1.165) is 11.3 Å². The standard InChI is InChI=1S/C12H18N2O2/c1-14(2)12(15)11(13)8-9-4-6-10(16-3)7-5-9/h4-7,11H,8,13H2,1-3H3. The largest absolute Gasteiger partial charge is 0.497 e. The van der Waals surface area contributed by atoms with E-state index in [9.17, 15) is 4.79 Å². The lowest BCUT2D eigenvalue weighted by Crippen LogP contribution is -2.41. The molecule has 88 valence electrons. The highest BCUT2D eigenvalue weighted by Crippen LogP contribution is 2.12. The van der Waals surface area contributed by atoms with E-state index in [0.29, 0.717) is 6.42 Å². The lowest BCUT2D eigenvalue weighted by Gasteiger charge is -2.16. The number of ether oxygens (including phenoxy) is 1. The summed E-state index contributed by atoms with van der Waals surface area (Å²) in [5, 5.41) is 0. The fourth-order valence-electron chi connectivity index (χ4n) is 1.43. The average molecular weight is 222 g/mol. The van der Waals surface area contributed by atoms with Crippen LogP contribution in [-0.4, -0.2) is 38.1 Å². The SMILES string of the molecule is COc1ccc(CC(N)C(=O)N(C)C)cc1. The third kappa shape index (κ3) is 3.24. The minimum atomic E-state index is -0.483. The Morgan fingerprint density at radius 2 is 1.94 bits per heavy atom. The van der Waals surface area contributed by atoms with Crippen molar-refractivity contribution in [3.63, 3.8) is 0 Å². The number of rotatable bonds is 4. The molecule has 0 radical (unpaired) electrons. The monoisotopic (exact) mass is 222 g/mol. The van der Waals surface area contributed by atoms with Gasteiger partial charge < -0.3 is 15.4 Å². The molecule has 0 fully saturated rings. The van der Waals surface area contributed by atoms with Crippen molar-refractivity contribution in [3.05, 3.63) is 29.8 Å². The van der Waals surface area contributed by atoms with E-state index in [1.807, 2.05) is 24.3 Å². The first-order valence-electron chi connectivity index (χ1n) is 5.14. The van der Waals surface area contributed by atoms with Crippen molar-refractivity contribution in [3.8, 4) is 5.75 Å². The predicted octanol–water partition coefficient (Wildman–Crippen LogP) is 0.653. The molecule has 2 N–H and O–H groups in total. The van der Waals surface area contributed by atoms with E-state index in [2.05, 4.69) is 0 Å². The maximum atomic E-state index is 11.5. The van der Waals surface area contributed by atoms with Gasteiger partial charge in [-0.15, -0.1) is 0 Å². The van der Waals surface area contributed by atoms with Gasteiger partial charge in [0.1, 0.15) is 5.75 Å². The van der Waals surface area contributed by atoms with Crippen molar-refractivity contribution in [2.24, 2.45) is 5.73 Å². The molecule has 1 unspecified atom stereocenters. The number of benzene rings is 1. The van der Waals surface area contributed by atoms with Crippen LogP contribution in [0.2, 0.25) is 0 Å². The quantitative estimate of drug-likeness (QED) is 0.814. The highest BCUT2D eigenvalue weighted by molar-refractivity contribution is 5.81. The second-order valence-electron chi connectivity index (χ2n) is 3.89. The van der Waals surface area contributed by atoms with E-state index in [1.54, 1.807) is 21.2 Å². The van der Waals surface area contributed by atoms with Crippen LogP contribution in [-0.2, 0) is 11.2 Å². The van der Waals surface area contributed by atoms with Crippen LogP contribution in [0.25, 0.3) is 0 Å². The summed E-state index contributed by atoms with van der Waals surface area (Å²) in [5.74, 6) is 0.743. The second kappa shape index (κ2) is 5.51. The van der Waals surface area contributed by atoms with Crippen LogP contribution in [0.5, 0.6) is 5.75 Å². The molecule has 1 aromatic carbocycles. The Kier molecular flexibility index (Phi) is 4.31. The first kappa shape index (κ1) is 12.5. The van der Waals surface area contributed by atoms with Gasteiger partial charge in [-0.1, -0.05) is 12.1 Å². The number of amides is 1. The van der Waals surface area contributed by atoms with Crippen LogP contribution < -0.4 is 10.5 Å². The molecule has 0 heterocycles. The lowest BCUT2D eigenvalue weighted by molar-refractivity contribution is -0.130. The summed E-state index contributed by atoms with van der Waals surface area (Å²) < 4.78 is 5.05. The van der Waals surface area contributed by atoms with Crippen LogP contribution in [0.4, 0.5) is 0 Å². The van der Waals surface area contributed by atoms with Crippen LogP contribution in [0, 0.1) is 0 Å². The number of hydrogen-bond donors (Lipinski definition) is 1. The molecule has 1 amide bonds. The molecule has 1 aromatic rings. The Bertz CT molecular complexity index is 347. The molecule has 0 aromatic heterocycles. The summed E-state index contributed by atoms with van der Waals surface area (Å²) in [6.07, 6.45) is 0.543. The number of likely N-dealkylation sites (N-methyl/N-ethyl adjacent to an activating group) is 1. The molecule has 0 spiro atoms. The molecule has 0 aliphatic carbocycles. The van der Waals surface area contributed by atoms with Gasteiger partial charge in [0.15, 0.2) is 0 Å². The Hall–Kier alpha value is -1.55. The molecule has 16 heavy (non-hydrogen) atoms. The lowest BCUT2D eigenvalue weighted by atomic mass is 10.1. The fraction of sp³-hybridized carbons (Fsp3) is 0.417. The minimum absolute atomic E-state index is 0.0594. The highest BCUT2D eigenvalue weighted by Gasteiger charge is 2.15. The number of nitrogens with zero attached hydrogens (tertiary/aromatic N) is 1.